The monoisotopic (exact) mass is 334 g/mol. The number of aldehydes is 1. The number of hydrogen-bond acceptors (Lipinski definition) is 2. The van der Waals surface area contributed by atoms with E-state index in [1.165, 1.54) is 0 Å². The van der Waals surface area contributed by atoms with Gasteiger partial charge >= 0.3 is 0 Å². The fourth-order valence-electron chi connectivity index (χ4n) is 3.37. The minimum absolute atomic E-state index is 0.106. The second-order valence-electron chi connectivity index (χ2n) is 6.42. The molecule has 0 aliphatic carbocycles. The lowest BCUT2D eigenvalue weighted by Gasteiger charge is -2.10. The Kier molecular flexibility index (Phi) is 4.70. The summed E-state index contributed by atoms with van der Waals surface area (Å²) in [5.41, 5.74) is 5.72. The van der Waals surface area contributed by atoms with E-state index in [4.69, 9.17) is 0 Å². The Balaban J connectivity index is 1.92. The molecule has 0 atom stereocenters. The van der Waals surface area contributed by atoms with Gasteiger partial charge in [0.05, 0.1) is 5.52 Å². The van der Waals surface area contributed by atoms with Crippen molar-refractivity contribution in [1.29, 1.82) is 0 Å². The summed E-state index contributed by atoms with van der Waals surface area (Å²) in [6, 6.07) is 11.9. The van der Waals surface area contributed by atoms with E-state index in [2.05, 4.69) is 18.3 Å². The standard InChI is InChI=1S/C21H22N2O2/c1-4-16-6-5-7-19-17(13-24)11-23(21(16)19)12-20(25)22-18-9-14(2)8-15(3)10-18/h5-11,13H,4,12H2,1-3H3,(H,22,25). The number of aryl methyl sites for hydroxylation is 3. The van der Waals surface area contributed by atoms with Gasteiger partial charge in [-0.3, -0.25) is 9.59 Å². The summed E-state index contributed by atoms with van der Waals surface area (Å²) >= 11 is 0. The summed E-state index contributed by atoms with van der Waals surface area (Å²) in [6.45, 7) is 6.26. The number of nitrogens with zero attached hydrogens (tertiary/aromatic N) is 1. The Morgan fingerprint density at radius 2 is 1.88 bits per heavy atom. The van der Waals surface area contributed by atoms with E-state index < -0.39 is 0 Å². The van der Waals surface area contributed by atoms with Crippen LogP contribution in [0, 0.1) is 13.8 Å². The summed E-state index contributed by atoms with van der Waals surface area (Å²) in [4.78, 5) is 23.9. The predicted octanol–water partition coefficient (Wildman–Crippen LogP) is 4.27. The lowest BCUT2D eigenvalue weighted by atomic mass is 10.1. The molecule has 0 saturated heterocycles. The molecule has 25 heavy (non-hydrogen) atoms. The highest BCUT2D eigenvalue weighted by molar-refractivity contribution is 6.00. The number of carbonyl (C=O) groups excluding carboxylic acids is 2. The van der Waals surface area contributed by atoms with Crippen LogP contribution >= 0.6 is 0 Å². The Bertz CT molecular complexity index is 934. The first-order chi connectivity index (χ1) is 12.0. The summed E-state index contributed by atoms with van der Waals surface area (Å²) in [6.07, 6.45) is 3.45. The lowest BCUT2D eigenvalue weighted by molar-refractivity contribution is -0.116. The quantitative estimate of drug-likeness (QED) is 0.708. The van der Waals surface area contributed by atoms with Gasteiger partial charge in [-0.15, -0.1) is 0 Å². The highest BCUT2D eigenvalue weighted by Gasteiger charge is 2.13. The zero-order chi connectivity index (χ0) is 18.0. The third-order valence-electron chi connectivity index (χ3n) is 4.34. The first-order valence-electron chi connectivity index (χ1n) is 8.46. The summed E-state index contributed by atoms with van der Waals surface area (Å²) in [5.74, 6) is -0.106. The fourth-order valence-corrected chi connectivity index (χ4v) is 3.37. The maximum absolute atomic E-state index is 12.5. The van der Waals surface area contributed by atoms with E-state index in [0.717, 1.165) is 46.0 Å². The molecule has 3 rings (SSSR count). The molecule has 3 aromatic rings. The molecule has 0 aliphatic rings. The third kappa shape index (κ3) is 3.48. The summed E-state index contributed by atoms with van der Waals surface area (Å²) in [5, 5.41) is 3.85. The van der Waals surface area contributed by atoms with Crippen molar-refractivity contribution >= 4 is 28.8 Å². The van der Waals surface area contributed by atoms with E-state index in [0.29, 0.717) is 5.56 Å². The number of rotatable bonds is 5. The maximum atomic E-state index is 12.5. The molecule has 1 amide bonds. The van der Waals surface area contributed by atoms with Gasteiger partial charge in [0.25, 0.3) is 0 Å². The highest BCUT2D eigenvalue weighted by atomic mass is 16.2. The molecule has 1 heterocycles. The number of nitrogens with one attached hydrogen (secondary N) is 1. The molecule has 0 saturated carbocycles. The van der Waals surface area contributed by atoms with E-state index in [9.17, 15) is 9.59 Å². The lowest BCUT2D eigenvalue weighted by Crippen LogP contribution is -2.18. The van der Waals surface area contributed by atoms with Gasteiger partial charge in [0, 0.05) is 22.8 Å². The van der Waals surface area contributed by atoms with Crippen LogP contribution < -0.4 is 5.32 Å². The average Bonchev–Trinajstić information content (AvgIpc) is 2.91. The van der Waals surface area contributed by atoms with Crippen molar-refractivity contribution in [1.82, 2.24) is 4.57 Å². The van der Waals surface area contributed by atoms with Crippen molar-refractivity contribution in [3.05, 3.63) is 64.8 Å². The van der Waals surface area contributed by atoms with Gasteiger partial charge in [-0.1, -0.05) is 31.2 Å². The van der Waals surface area contributed by atoms with E-state index >= 15 is 0 Å². The van der Waals surface area contributed by atoms with Crippen LogP contribution in [0.2, 0.25) is 0 Å². The SMILES string of the molecule is CCc1cccc2c(C=O)cn(CC(=O)Nc3cc(C)cc(C)c3)c12. The second kappa shape index (κ2) is 6.93. The van der Waals surface area contributed by atoms with Crippen molar-refractivity contribution < 1.29 is 9.59 Å². The topological polar surface area (TPSA) is 51.1 Å². The van der Waals surface area contributed by atoms with E-state index in [1.54, 1.807) is 6.20 Å². The molecule has 0 spiro atoms. The Morgan fingerprint density at radius 1 is 1.16 bits per heavy atom. The predicted molar refractivity (Wildman–Crippen MR) is 101 cm³/mol. The number of anilines is 1. The van der Waals surface area contributed by atoms with Gasteiger partial charge in [-0.05, 0) is 49.1 Å². The van der Waals surface area contributed by atoms with Gasteiger partial charge < -0.3 is 9.88 Å². The van der Waals surface area contributed by atoms with Crippen molar-refractivity contribution in [2.45, 2.75) is 33.7 Å². The molecule has 1 aromatic heterocycles. The number of carbonyl (C=O) groups is 2. The fraction of sp³-hybridized carbons (Fsp3) is 0.238. The summed E-state index contributed by atoms with van der Waals surface area (Å²) < 4.78 is 1.87. The largest absolute Gasteiger partial charge is 0.337 e. The number of amides is 1. The van der Waals surface area contributed by atoms with Gasteiger partial charge in [0.15, 0.2) is 6.29 Å². The van der Waals surface area contributed by atoms with Crippen LogP contribution in [0.4, 0.5) is 5.69 Å². The Morgan fingerprint density at radius 3 is 2.52 bits per heavy atom. The van der Waals surface area contributed by atoms with Crippen LogP contribution in [0.25, 0.3) is 10.9 Å². The Hall–Kier alpha value is -2.88. The van der Waals surface area contributed by atoms with Gasteiger partial charge in [-0.2, -0.15) is 0 Å². The molecule has 0 fully saturated rings. The molecule has 0 radical (unpaired) electrons. The molecule has 0 aliphatic heterocycles. The molecule has 128 valence electrons. The average molecular weight is 334 g/mol. The Labute approximate surface area is 147 Å². The van der Waals surface area contributed by atoms with Crippen molar-refractivity contribution in [2.24, 2.45) is 0 Å². The van der Waals surface area contributed by atoms with E-state index in [-0.39, 0.29) is 12.5 Å². The van der Waals surface area contributed by atoms with Crippen LogP contribution in [0.1, 0.15) is 34.0 Å². The normalized spacial score (nSPS) is 10.8. The van der Waals surface area contributed by atoms with Crippen LogP contribution in [0.3, 0.4) is 0 Å². The van der Waals surface area contributed by atoms with Gasteiger partial charge in [0.2, 0.25) is 5.91 Å². The minimum atomic E-state index is -0.106. The number of hydrogen-bond donors (Lipinski definition) is 1. The number of aromatic nitrogens is 1. The number of para-hydroxylation sites is 1. The molecule has 4 heteroatoms. The minimum Gasteiger partial charge on any atom is -0.337 e. The zero-order valence-corrected chi connectivity index (χ0v) is 14.8. The van der Waals surface area contributed by atoms with E-state index in [1.807, 2.05) is 48.7 Å². The van der Waals surface area contributed by atoms with Crippen LogP contribution in [-0.2, 0) is 17.8 Å². The molecule has 1 N–H and O–H groups in total. The van der Waals surface area contributed by atoms with Crippen LogP contribution in [0.5, 0.6) is 0 Å². The molecule has 4 nitrogen and oxygen atoms in total. The zero-order valence-electron chi connectivity index (χ0n) is 14.8. The molecule has 0 bridgehead atoms. The number of fused-ring (bicyclic) bond motifs is 1. The van der Waals surface area contributed by atoms with Crippen molar-refractivity contribution in [3.63, 3.8) is 0 Å². The first kappa shape index (κ1) is 17.0. The molecule has 2 aromatic carbocycles. The first-order valence-corrected chi connectivity index (χ1v) is 8.46. The number of benzene rings is 2. The molecule has 0 unspecified atom stereocenters. The smallest absolute Gasteiger partial charge is 0.244 e. The van der Waals surface area contributed by atoms with Crippen molar-refractivity contribution in [3.8, 4) is 0 Å². The molecular formula is C21H22N2O2. The summed E-state index contributed by atoms with van der Waals surface area (Å²) in [7, 11) is 0. The van der Waals surface area contributed by atoms with Crippen molar-refractivity contribution in [2.75, 3.05) is 5.32 Å². The maximum Gasteiger partial charge on any atom is 0.244 e. The highest BCUT2D eigenvalue weighted by Crippen LogP contribution is 2.24. The second-order valence-corrected chi connectivity index (χ2v) is 6.42. The van der Waals surface area contributed by atoms with Crippen LogP contribution in [0.15, 0.2) is 42.6 Å². The van der Waals surface area contributed by atoms with Gasteiger partial charge in [-0.25, -0.2) is 0 Å². The van der Waals surface area contributed by atoms with Gasteiger partial charge in [0.1, 0.15) is 6.54 Å². The van der Waals surface area contributed by atoms with Crippen LogP contribution in [-0.4, -0.2) is 16.8 Å². The molecular weight excluding hydrogens is 312 g/mol. The third-order valence-corrected chi connectivity index (χ3v) is 4.34.